The molecule has 3 rings (SSSR count). The van der Waals surface area contributed by atoms with Gasteiger partial charge in [0.1, 0.15) is 16.3 Å². The van der Waals surface area contributed by atoms with Crippen LogP contribution in [-0.2, 0) is 14.9 Å². The zero-order chi connectivity index (χ0) is 27.9. The highest BCUT2D eigenvalue weighted by atomic mass is 32.1. The highest BCUT2D eigenvalue weighted by Gasteiger charge is 2.23. The third-order valence-electron chi connectivity index (χ3n) is 6.11. The largest absolute Gasteiger partial charge is 0.494 e. The van der Waals surface area contributed by atoms with Crippen molar-refractivity contribution in [1.29, 1.82) is 0 Å². The summed E-state index contributed by atoms with van der Waals surface area (Å²) >= 11 is 6.71. The van der Waals surface area contributed by atoms with Gasteiger partial charge in [-0.25, -0.2) is 4.79 Å². The monoisotopic (exact) mass is 552 g/mol. The number of carbonyl (C=O) groups is 2. The predicted octanol–water partition coefficient (Wildman–Crippen LogP) is 7.18. The molecule has 0 fully saturated rings. The molecule has 202 valence electrons. The van der Waals surface area contributed by atoms with Crippen LogP contribution in [-0.4, -0.2) is 30.2 Å². The lowest BCUT2D eigenvalue weighted by atomic mass is 9.87. The highest BCUT2D eigenvalue weighted by molar-refractivity contribution is 7.80. The van der Waals surface area contributed by atoms with Crippen molar-refractivity contribution in [1.82, 2.24) is 5.32 Å². The molecule has 1 aromatic heterocycles. The number of ether oxygens (including phenoxy) is 2. The molecule has 38 heavy (non-hydrogen) atoms. The molecule has 0 aliphatic rings. The van der Waals surface area contributed by atoms with Crippen LogP contribution in [0, 0.1) is 13.8 Å². The first-order valence-corrected chi connectivity index (χ1v) is 14.0. The third kappa shape index (κ3) is 7.88. The highest BCUT2D eigenvalue weighted by Crippen LogP contribution is 2.37. The van der Waals surface area contributed by atoms with E-state index in [1.165, 1.54) is 22.5 Å². The van der Waals surface area contributed by atoms with Gasteiger partial charge in [-0.1, -0.05) is 51.1 Å². The number of aryl methyl sites for hydroxylation is 2. The number of rotatable bonds is 9. The molecule has 2 aromatic carbocycles. The van der Waals surface area contributed by atoms with Crippen LogP contribution in [0.4, 0.5) is 5.00 Å². The molecule has 0 bridgehead atoms. The zero-order valence-corrected chi connectivity index (χ0v) is 24.5. The summed E-state index contributed by atoms with van der Waals surface area (Å²) in [4.78, 5) is 25.3. The topological polar surface area (TPSA) is 76.7 Å². The second-order valence-corrected chi connectivity index (χ2v) is 11.4. The van der Waals surface area contributed by atoms with E-state index in [-0.39, 0.29) is 29.5 Å². The fraction of sp³-hybridized carbons (Fsp3) is 0.367. The Labute approximate surface area is 234 Å². The second-order valence-electron chi connectivity index (χ2n) is 10.1. The van der Waals surface area contributed by atoms with Gasteiger partial charge in [-0.2, -0.15) is 0 Å². The number of hydrogen-bond donors (Lipinski definition) is 2. The molecule has 0 saturated carbocycles. The predicted molar refractivity (Wildman–Crippen MR) is 159 cm³/mol. The van der Waals surface area contributed by atoms with E-state index >= 15 is 0 Å². The molecular weight excluding hydrogens is 516 g/mol. The lowest BCUT2D eigenvalue weighted by molar-refractivity contribution is -0.119. The second kappa shape index (κ2) is 13.0. The van der Waals surface area contributed by atoms with Crippen LogP contribution in [0.25, 0.3) is 11.1 Å². The smallest absolute Gasteiger partial charge is 0.341 e. The van der Waals surface area contributed by atoms with Crippen molar-refractivity contribution < 1.29 is 19.1 Å². The van der Waals surface area contributed by atoms with E-state index in [1.54, 1.807) is 6.92 Å². The molecule has 0 aliphatic heterocycles. The van der Waals surface area contributed by atoms with Crippen LogP contribution >= 0.6 is 23.6 Å². The number of anilines is 1. The van der Waals surface area contributed by atoms with Gasteiger partial charge in [-0.3, -0.25) is 4.79 Å². The van der Waals surface area contributed by atoms with E-state index in [0.717, 1.165) is 22.4 Å². The van der Waals surface area contributed by atoms with Crippen LogP contribution in [0.3, 0.4) is 0 Å². The minimum Gasteiger partial charge on any atom is -0.494 e. The lowest BCUT2D eigenvalue weighted by Crippen LogP contribution is -2.34. The Morgan fingerprint density at radius 1 is 1.03 bits per heavy atom. The Hall–Kier alpha value is -3.23. The summed E-state index contributed by atoms with van der Waals surface area (Å²) in [6.45, 7) is 13.0. The maximum Gasteiger partial charge on any atom is 0.341 e. The summed E-state index contributed by atoms with van der Waals surface area (Å²) < 4.78 is 11.1. The van der Waals surface area contributed by atoms with Crippen molar-refractivity contribution in [3.05, 3.63) is 70.1 Å². The van der Waals surface area contributed by atoms with Crippen LogP contribution < -0.4 is 15.4 Å². The van der Waals surface area contributed by atoms with Gasteiger partial charge in [-0.05, 0) is 79.2 Å². The van der Waals surface area contributed by atoms with Crippen molar-refractivity contribution in [3.63, 3.8) is 0 Å². The van der Waals surface area contributed by atoms with Crippen LogP contribution in [0.2, 0.25) is 0 Å². The van der Waals surface area contributed by atoms with E-state index in [0.29, 0.717) is 23.6 Å². The zero-order valence-electron chi connectivity index (χ0n) is 22.9. The number of amides is 1. The van der Waals surface area contributed by atoms with Gasteiger partial charge in [0.2, 0.25) is 5.91 Å². The van der Waals surface area contributed by atoms with Crippen molar-refractivity contribution in [2.45, 2.75) is 59.8 Å². The Morgan fingerprint density at radius 3 is 2.37 bits per heavy atom. The maximum absolute atomic E-state index is 12.8. The summed E-state index contributed by atoms with van der Waals surface area (Å²) in [6.07, 6.45) is 0.796. The van der Waals surface area contributed by atoms with Gasteiger partial charge in [0.15, 0.2) is 5.11 Å². The Bertz CT molecular complexity index is 1290. The summed E-state index contributed by atoms with van der Waals surface area (Å²) in [6, 6.07) is 14.1. The molecular formula is C30H36N2O4S2. The molecule has 2 N–H and O–H groups in total. The minimum absolute atomic E-state index is 0.0878. The molecule has 0 unspecified atom stereocenters. The van der Waals surface area contributed by atoms with Gasteiger partial charge in [0, 0.05) is 17.4 Å². The van der Waals surface area contributed by atoms with Crippen LogP contribution in [0.1, 0.15) is 67.6 Å². The fourth-order valence-electron chi connectivity index (χ4n) is 3.77. The first-order valence-electron chi connectivity index (χ1n) is 12.7. The Balaban J connectivity index is 1.56. The first kappa shape index (κ1) is 29.3. The molecule has 0 radical (unpaired) electrons. The fourth-order valence-corrected chi connectivity index (χ4v) is 5.02. The Kier molecular flexibility index (Phi) is 10.1. The van der Waals surface area contributed by atoms with E-state index in [1.807, 2.05) is 49.6 Å². The van der Waals surface area contributed by atoms with Crippen molar-refractivity contribution in [2.75, 3.05) is 18.5 Å². The van der Waals surface area contributed by atoms with Gasteiger partial charge in [-0.15, -0.1) is 11.3 Å². The molecule has 6 nitrogen and oxygen atoms in total. The average Bonchev–Trinajstić information content (AvgIpc) is 3.26. The number of hydrogen-bond acceptors (Lipinski definition) is 6. The van der Waals surface area contributed by atoms with E-state index < -0.39 is 5.97 Å². The Morgan fingerprint density at radius 2 is 1.74 bits per heavy atom. The van der Waals surface area contributed by atoms with Gasteiger partial charge >= 0.3 is 5.97 Å². The first-order chi connectivity index (χ1) is 18.0. The molecule has 3 aromatic rings. The number of thiocarbonyl (C=S) groups is 1. The quantitative estimate of drug-likeness (QED) is 0.166. The van der Waals surface area contributed by atoms with Crippen LogP contribution in [0.15, 0.2) is 47.8 Å². The minimum atomic E-state index is -0.439. The van der Waals surface area contributed by atoms with Gasteiger partial charge < -0.3 is 20.1 Å². The number of nitrogens with one attached hydrogen (secondary N) is 2. The number of carbonyl (C=O) groups excluding carboxylic acids is 2. The normalized spacial score (nSPS) is 11.1. The summed E-state index contributed by atoms with van der Waals surface area (Å²) in [5.41, 5.74) is 5.72. The number of esters is 1. The SMILES string of the molecule is CCOC(=O)c1c(-c2ccc(C)c(C)c2)csc1NC(=S)NC(=O)CCCOc1ccc(C(C)(C)C)cc1. The van der Waals surface area contributed by atoms with Crippen LogP contribution in [0.5, 0.6) is 5.75 Å². The number of thiophene rings is 1. The standard InChI is InChI=1S/C30H36N2O4S2/c1-7-35-28(34)26-24(21-11-10-19(2)20(3)17-21)18-38-27(26)32-29(37)31-25(33)9-8-16-36-23-14-12-22(13-15-23)30(4,5)6/h10-15,17-18H,7-9,16H2,1-6H3,(H2,31,32,33,37). The molecule has 0 atom stereocenters. The third-order valence-corrected chi connectivity index (χ3v) is 7.21. The summed E-state index contributed by atoms with van der Waals surface area (Å²) in [5.74, 6) is 0.114. The molecule has 0 spiro atoms. The van der Waals surface area contributed by atoms with E-state index in [2.05, 4.69) is 43.5 Å². The molecule has 8 heteroatoms. The molecule has 0 aliphatic carbocycles. The summed E-state index contributed by atoms with van der Waals surface area (Å²) in [7, 11) is 0. The van der Waals surface area contributed by atoms with Crippen molar-refractivity contribution in [3.8, 4) is 16.9 Å². The van der Waals surface area contributed by atoms with Crippen molar-refractivity contribution >= 4 is 45.5 Å². The lowest BCUT2D eigenvalue weighted by Gasteiger charge is -2.19. The maximum atomic E-state index is 12.8. The summed E-state index contributed by atoms with van der Waals surface area (Å²) in [5, 5.41) is 8.27. The van der Waals surface area contributed by atoms with Crippen molar-refractivity contribution in [2.24, 2.45) is 0 Å². The molecule has 1 amide bonds. The van der Waals surface area contributed by atoms with Gasteiger partial charge in [0.05, 0.1) is 13.2 Å². The number of benzene rings is 2. The average molecular weight is 553 g/mol. The van der Waals surface area contributed by atoms with Gasteiger partial charge in [0.25, 0.3) is 0 Å². The molecule has 0 saturated heterocycles. The van der Waals surface area contributed by atoms with E-state index in [4.69, 9.17) is 21.7 Å². The molecule has 1 heterocycles. The van der Waals surface area contributed by atoms with E-state index in [9.17, 15) is 9.59 Å².